The molecule has 3 aromatic heterocycles. The summed E-state index contributed by atoms with van der Waals surface area (Å²) in [4.78, 5) is 33.4. The summed E-state index contributed by atoms with van der Waals surface area (Å²) in [5.41, 5.74) is 3.90. The van der Waals surface area contributed by atoms with Gasteiger partial charge in [-0.25, -0.2) is 19.7 Å². The number of ether oxygens (including phenoxy) is 1. The molecule has 10 nitrogen and oxygen atoms in total. The summed E-state index contributed by atoms with van der Waals surface area (Å²) >= 11 is 0. The van der Waals surface area contributed by atoms with E-state index in [4.69, 9.17) is 19.7 Å². The molecule has 6 rings (SSSR count). The number of hydrogen-bond donors (Lipinski definition) is 3. The molecule has 0 spiro atoms. The second-order valence-corrected chi connectivity index (χ2v) is 11.8. The number of aliphatic carboxylic acids is 1. The molecule has 0 saturated heterocycles. The molecular weight excluding hydrogens is 590 g/mol. The van der Waals surface area contributed by atoms with Crippen LogP contribution in [0.25, 0.3) is 22.3 Å². The first kappa shape index (κ1) is 31.9. The highest BCUT2D eigenvalue weighted by molar-refractivity contribution is 5.92. The first-order chi connectivity index (χ1) is 23.1. The third kappa shape index (κ3) is 8.80. The number of aromatic nitrogens is 4. The van der Waals surface area contributed by atoms with Crippen molar-refractivity contribution in [2.45, 2.75) is 44.6 Å². The van der Waals surface area contributed by atoms with Gasteiger partial charge in [-0.3, -0.25) is 9.88 Å². The molecule has 5 aromatic rings. The quantitative estimate of drug-likeness (QED) is 0.110. The number of unbranched alkanes of at least 4 members (excludes halogenated alkanes) is 1. The highest BCUT2D eigenvalue weighted by Gasteiger charge is 2.21. The normalized spacial score (nSPS) is 13.1. The Hall–Kier alpha value is -5.09. The van der Waals surface area contributed by atoms with Crippen molar-refractivity contribution in [1.29, 1.82) is 0 Å². The van der Waals surface area contributed by atoms with Gasteiger partial charge in [0.25, 0.3) is 0 Å². The average molecular weight is 632 g/mol. The molecule has 0 amide bonds. The SMILES string of the molecule is O=C(O)C(CCN(CCCCc1ccc2c(n1)NCCC2)CCOc1ccccc1)Nc1nc(-c2cccnc2)nc2ccccc12. The Balaban J connectivity index is 1.11. The van der Waals surface area contributed by atoms with Crippen LogP contribution in [-0.2, 0) is 17.6 Å². The van der Waals surface area contributed by atoms with Crippen LogP contribution in [-0.4, -0.2) is 74.7 Å². The van der Waals surface area contributed by atoms with Crippen LogP contribution in [0.1, 0.15) is 36.9 Å². The average Bonchev–Trinajstić information content (AvgIpc) is 3.12. The van der Waals surface area contributed by atoms with Crippen LogP contribution in [0.15, 0.2) is 91.3 Å². The molecule has 3 N–H and O–H groups in total. The fourth-order valence-electron chi connectivity index (χ4n) is 5.84. The highest BCUT2D eigenvalue weighted by atomic mass is 16.5. The third-order valence-electron chi connectivity index (χ3n) is 8.39. The molecule has 0 bridgehead atoms. The predicted octanol–water partition coefficient (Wildman–Crippen LogP) is 6.10. The maximum atomic E-state index is 12.6. The van der Waals surface area contributed by atoms with Crippen LogP contribution in [0.2, 0.25) is 0 Å². The van der Waals surface area contributed by atoms with Crippen LogP contribution in [0.3, 0.4) is 0 Å². The Labute approximate surface area is 275 Å². The molecule has 47 heavy (non-hydrogen) atoms. The summed E-state index contributed by atoms with van der Waals surface area (Å²) in [5, 5.41) is 17.7. The van der Waals surface area contributed by atoms with Gasteiger partial charge in [-0.1, -0.05) is 36.4 Å². The number of rotatable bonds is 16. The Morgan fingerprint density at radius 3 is 2.66 bits per heavy atom. The minimum absolute atomic E-state index is 0.388. The Morgan fingerprint density at radius 1 is 0.936 bits per heavy atom. The second kappa shape index (κ2) is 16.0. The van der Waals surface area contributed by atoms with Crippen molar-refractivity contribution in [2.75, 3.05) is 43.4 Å². The van der Waals surface area contributed by atoms with Crippen LogP contribution in [0, 0.1) is 0 Å². The molecule has 1 aliphatic heterocycles. The van der Waals surface area contributed by atoms with E-state index in [1.807, 2.05) is 66.7 Å². The number of nitrogens with one attached hydrogen (secondary N) is 2. The summed E-state index contributed by atoms with van der Waals surface area (Å²) < 4.78 is 6.01. The lowest BCUT2D eigenvalue weighted by molar-refractivity contribution is -0.138. The number of carboxylic acid groups (broad SMARTS) is 1. The van der Waals surface area contributed by atoms with Gasteiger partial charge >= 0.3 is 5.97 Å². The van der Waals surface area contributed by atoms with E-state index in [1.54, 1.807) is 12.4 Å². The van der Waals surface area contributed by atoms with Crippen molar-refractivity contribution < 1.29 is 14.6 Å². The van der Waals surface area contributed by atoms with Crippen LogP contribution < -0.4 is 15.4 Å². The number of hydrogen-bond acceptors (Lipinski definition) is 9. The molecule has 2 aromatic carbocycles. The zero-order valence-electron chi connectivity index (χ0n) is 26.5. The molecule has 1 unspecified atom stereocenters. The number of nitrogens with zero attached hydrogens (tertiary/aromatic N) is 5. The summed E-state index contributed by atoms with van der Waals surface area (Å²) in [7, 11) is 0. The number of aryl methyl sites for hydroxylation is 2. The van der Waals surface area contributed by atoms with Gasteiger partial charge in [0.2, 0.25) is 0 Å². The van der Waals surface area contributed by atoms with Crippen molar-refractivity contribution in [3.8, 4) is 17.1 Å². The molecule has 242 valence electrons. The maximum Gasteiger partial charge on any atom is 0.326 e. The van der Waals surface area contributed by atoms with Crippen LogP contribution in [0.4, 0.5) is 11.6 Å². The van der Waals surface area contributed by atoms with Gasteiger partial charge in [0, 0.05) is 48.7 Å². The number of carboxylic acids is 1. The van der Waals surface area contributed by atoms with Crippen LogP contribution >= 0.6 is 0 Å². The van der Waals surface area contributed by atoms with Crippen molar-refractivity contribution in [3.63, 3.8) is 0 Å². The van der Waals surface area contributed by atoms with Gasteiger partial charge in [-0.2, -0.15) is 0 Å². The Kier molecular flexibility index (Phi) is 10.8. The van der Waals surface area contributed by atoms with Gasteiger partial charge in [0.15, 0.2) is 5.82 Å². The molecule has 4 heterocycles. The predicted molar refractivity (Wildman–Crippen MR) is 185 cm³/mol. The summed E-state index contributed by atoms with van der Waals surface area (Å²) in [6.45, 7) is 3.59. The number of fused-ring (bicyclic) bond motifs is 2. The number of anilines is 2. The lowest BCUT2D eigenvalue weighted by atomic mass is 10.1. The standard InChI is InChI=1S/C37H41N7O3/c45-37(46)33(42-36-31-15-4-5-16-32(31)41-35(43-36)28-11-8-20-38-26-28)19-23-44(24-25-47-30-13-2-1-3-14-30)22-7-6-12-29-18-17-27-10-9-21-39-34(27)40-29/h1-5,8,11,13-18,20,26,33H,6-7,9-10,12,19,21-25H2,(H,39,40)(H,45,46)(H,41,42,43). The van der Waals surface area contributed by atoms with E-state index < -0.39 is 12.0 Å². The molecule has 1 atom stereocenters. The topological polar surface area (TPSA) is 125 Å². The molecule has 1 aliphatic rings. The minimum atomic E-state index is -0.928. The Bertz CT molecular complexity index is 1750. The fraction of sp³-hybridized carbons (Fsp3) is 0.324. The largest absolute Gasteiger partial charge is 0.492 e. The zero-order chi connectivity index (χ0) is 32.3. The monoisotopic (exact) mass is 631 g/mol. The first-order valence-corrected chi connectivity index (χ1v) is 16.4. The van der Waals surface area contributed by atoms with E-state index in [0.717, 1.165) is 78.9 Å². The zero-order valence-corrected chi connectivity index (χ0v) is 26.5. The van der Waals surface area contributed by atoms with Gasteiger partial charge in [0.05, 0.1) is 5.52 Å². The fourth-order valence-corrected chi connectivity index (χ4v) is 5.84. The third-order valence-corrected chi connectivity index (χ3v) is 8.39. The minimum Gasteiger partial charge on any atom is -0.492 e. The van der Waals surface area contributed by atoms with Gasteiger partial charge < -0.3 is 20.5 Å². The molecule has 0 aliphatic carbocycles. The molecule has 0 radical (unpaired) electrons. The number of pyridine rings is 2. The van der Waals surface area contributed by atoms with E-state index in [9.17, 15) is 9.90 Å². The smallest absolute Gasteiger partial charge is 0.326 e. The van der Waals surface area contributed by atoms with Crippen molar-refractivity contribution >= 4 is 28.5 Å². The maximum absolute atomic E-state index is 12.6. The lowest BCUT2D eigenvalue weighted by Crippen LogP contribution is -2.37. The lowest BCUT2D eigenvalue weighted by Gasteiger charge is -2.25. The summed E-state index contributed by atoms with van der Waals surface area (Å²) in [6, 6.07) is 24.6. The molecular formula is C37H41N7O3. The van der Waals surface area contributed by atoms with E-state index >= 15 is 0 Å². The number of carbonyl (C=O) groups is 1. The van der Waals surface area contributed by atoms with E-state index in [-0.39, 0.29) is 0 Å². The molecule has 0 fully saturated rings. The summed E-state index contributed by atoms with van der Waals surface area (Å²) in [6.07, 6.45) is 8.89. The van der Waals surface area contributed by atoms with Gasteiger partial charge in [-0.05, 0) is 93.1 Å². The van der Waals surface area contributed by atoms with E-state index in [1.165, 1.54) is 5.56 Å². The molecule has 10 heteroatoms. The van der Waals surface area contributed by atoms with Crippen molar-refractivity contribution in [3.05, 3.63) is 103 Å². The van der Waals surface area contributed by atoms with E-state index in [2.05, 4.69) is 32.7 Å². The van der Waals surface area contributed by atoms with Crippen LogP contribution in [0.5, 0.6) is 5.75 Å². The van der Waals surface area contributed by atoms with Crippen molar-refractivity contribution in [1.82, 2.24) is 24.8 Å². The summed E-state index contributed by atoms with van der Waals surface area (Å²) in [5.74, 6) is 1.91. The van der Waals surface area contributed by atoms with Crippen molar-refractivity contribution in [2.24, 2.45) is 0 Å². The number of benzene rings is 2. The highest BCUT2D eigenvalue weighted by Crippen LogP contribution is 2.26. The second-order valence-electron chi connectivity index (χ2n) is 11.8. The number of para-hydroxylation sites is 2. The first-order valence-electron chi connectivity index (χ1n) is 16.4. The Morgan fingerprint density at radius 2 is 1.81 bits per heavy atom. The van der Waals surface area contributed by atoms with Gasteiger partial charge in [-0.15, -0.1) is 0 Å². The van der Waals surface area contributed by atoms with Gasteiger partial charge in [0.1, 0.15) is 30.0 Å². The molecule has 0 saturated carbocycles. The van der Waals surface area contributed by atoms with E-state index in [0.29, 0.717) is 37.8 Å².